The predicted molar refractivity (Wildman–Crippen MR) is 248 cm³/mol. The molecule has 63 heavy (non-hydrogen) atoms. The SMILES string of the molecule is CCC.O=[C-]O.[CH2-]N1C(C)(C)[C@@H]2C(CN)[C@@H]2C1(C)C.[CH2-]N1C(C)(C)[C@@H]2C(CN[C-]=O)[C@@H]2C1(C)C.[CH2-]N1C(C)(C)[C@@H]2C(CN[C-]=O)[C@@H]2C1(C)C.[CH3-].[CH3-].[CH3-].[N-]=P.[NH-]P.[NH2-].[W+2].[W+2].[W+2].[Y].[Y].[Y]. The fourth-order valence-electron chi connectivity index (χ4n) is 11.3. The third-order valence-corrected chi connectivity index (χ3v) is 13.7. The molecule has 6 rings (SSSR count). The van der Waals surface area contributed by atoms with Crippen LogP contribution in [0.5, 0.6) is 0 Å². The number of rotatable bonds is 7. The number of nitrogens with two attached hydrogens (primary N) is 2. The van der Waals surface area contributed by atoms with Crippen LogP contribution in [0.15, 0.2) is 0 Å². The summed E-state index contributed by atoms with van der Waals surface area (Å²) >= 11 is 0. The molecule has 0 spiro atoms. The number of piperidine rings is 3. The molecule has 13 nitrogen and oxygen atoms in total. The van der Waals surface area contributed by atoms with Gasteiger partial charge in [-0.1, -0.05) is 26.7 Å². The van der Waals surface area contributed by atoms with Crippen LogP contribution < -0.4 is 16.4 Å². The van der Waals surface area contributed by atoms with E-state index in [4.69, 9.17) is 26.3 Å². The van der Waals surface area contributed by atoms with Crippen LogP contribution in [-0.2, 0) is 176 Å². The van der Waals surface area contributed by atoms with Gasteiger partial charge in [-0.05, 0) is 189 Å². The first-order valence-electron chi connectivity index (χ1n) is 18.6. The molecule has 3 aliphatic carbocycles. The van der Waals surface area contributed by atoms with E-state index in [1.807, 2.05) is 9.03 Å². The van der Waals surface area contributed by atoms with E-state index in [0.717, 1.165) is 37.4 Å². The second kappa shape index (κ2) is 38.7. The van der Waals surface area contributed by atoms with E-state index in [1.54, 1.807) is 22.2 Å². The summed E-state index contributed by atoms with van der Waals surface area (Å²) in [7, 11) is 16.2. The van der Waals surface area contributed by atoms with Crippen LogP contribution >= 0.6 is 18.4 Å². The third-order valence-electron chi connectivity index (χ3n) is 13.7. The molecule has 21 heteroatoms. The van der Waals surface area contributed by atoms with E-state index in [2.05, 4.69) is 143 Å². The summed E-state index contributed by atoms with van der Waals surface area (Å²) in [6.45, 7) is 34.3. The van der Waals surface area contributed by atoms with E-state index in [1.165, 1.54) is 6.42 Å². The van der Waals surface area contributed by atoms with Crippen LogP contribution in [0.25, 0.3) is 16.8 Å². The Morgan fingerprint density at radius 1 is 0.587 bits per heavy atom. The number of fused-ring (bicyclic) bond motifs is 3. The van der Waals surface area contributed by atoms with Crippen LogP contribution in [0.4, 0.5) is 0 Å². The molecule has 2 amide bonds. The number of carbonyl (C=O) groups excluding carboxylic acids is 2. The Kier molecular flexibility index (Phi) is 57.2. The Hall–Kier alpha value is 4.08. The van der Waals surface area contributed by atoms with E-state index >= 15 is 0 Å². The summed E-state index contributed by atoms with van der Waals surface area (Å²) in [5.74, 6) is 6.12. The van der Waals surface area contributed by atoms with Gasteiger partial charge in [0.2, 0.25) is 0 Å². The Balaban J connectivity index is -0.0000000604. The molecule has 3 heterocycles. The molecule has 10 atom stereocenters. The zero-order chi connectivity index (χ0) is 42.3. The average Bonchev–Trinajstić information content (AvgIpc) is 4.01. The van der Waals surface area contributed by atoms with Gasteiger partial charge in [-0.2, -0.15) is 12.8 Å². The van der Waals surface area contributed by atoms with Crippen molar-refractivity contribution in [2.45, 2.75) is 137 Å². The van der Waals surface area contributed by atoms with Gasteiger partial charge in [-0.3, -0.25) is 39.6 Å². The van der Waals surface area contributed by atoms with Gasteiger partial charge >= 0.3 is 63.2 Å². The van der Waals surface area contributed by atoms with Crippen molar-refractivity contribution >= 4 is 37.7 Å². The van der Waals surface area contributed by atoms with Crippen molar-refractivity contribution in [3.8, 4) is 0 Å². The molecule has 0 aromatic carbocycles. The minimum absolute atomic E-state index is 0. The normalized spacial score (nSPS) is 29.7. The number of hydrogen-bond donors (Lipinski definition) is 4. The summed E-state index contributed by atoms with van der Waals surface area (Å²) in [6.07, 6.45) is 4.78. The van der Waals surface area contributed by atoms with Gasteiger partial charge in [0.15, 0.2) is 0 Å². The van der Waals surface area contributed by atoms with Gasteiger partial charge < -0.3 is 89.7 Å². The molecule has 3 radical (unpaired) electrons. The van der Waals surface area contributed by atoms with Gasteiger partial charge in [0.1, 0.15) is 0 Å². The van der Waals surface area contributed by atoms with Crippen molar-refractivity contribution in [1.82, 2.24) is 25.3 Å². The fraction of sp³-hybridized carbons (Fsp3) is 0.786. The topological polar surface area (TPSA) is 211 Å². The Bertz CT molecular complexity index is 1080. The number of nitrogens with zero attached hydrogens (tertiary/aromatic N) is 4. The zero-order valence-corrected chi connectivity index (χ0v) is 61.3. The smallest absolute Gasteiger partial charge is 0.786 e. The average molecular weight is 1660 g/mol. The monoisotopic (exact) mass is 1660 g/mol. The van der Waals surface area contributed by atoms with Gasteiger partial charge in [0, 0.05) is 98.1 Å². The van der Waals surface area contributed by atoms with Gasteiger partial charge in [-0.15, -0.1) is 0 Å². The van der Waals surface area contributed by atoms with Crippen molar-refractivity contribution in [2.75, 3.05) is 19.6 Å². The fourth-order valence-corrected chi connectivity index (χ4v) is 11.3. The molecule has 0 bridgehead atoms. The van der Waals surface area contributed by atoms with E-state index in [0.29, 0.717) is 42.0 Å². The second-order valence-corrected chi connectivity index (χ2v) is 18.4. The Labute approximate surface area is 512 Å². The molecule has 8 N–H and O–H groups in total. The molecule has 3 saturated carbocycles. The zero-order valence-electron chi connectivity index (χ0n) is 41.8. The molecule has 0 aromatic heterocycles. The van der Waals surface area contributed by atoms with Crippen LogP contribution in [-0.4, -0.2) is 92.0 Å². The Morgan fingerprint density at radius 2 is 0.730 bits per heavy atom. The Morgan fingerprint density at radius 3 is 0.857 bits per heavy atom. The van der Waals surface area contributed by atoms with Gasteiger partial charge in [0.05, 0.1) is 0 Å². The van der Waals surface area contributed by atoms with Crippen molar-refractivity contribution in [1.29, 1.82) is 0 Å². The molecule has 6 fully saturated rings. The number of nitrogens with one attached hydrogen (secondary N) is 3. The molecule has 0 aromatic rings. The standard InChI is InChI=1S/2C12H20N2O.C11H21N2.C3H8.CHO2.3CH3.H3NP.HNP.H2N.3W.3Y/c2*1-11(2)9-8(6-13-7-15)10(9)12(3,4)14(11)5;1-10(2)8-7(6-12)9(8)11(3,4)13(10)5;1-3-2;2-1-3;;;;2*1-2;;;;;;;/h2*8-10H,5-6H2,1-4H3,(H,13,15);7-9H,5-6,12H2,1-4H3;3H2,1-2H3;(H,2,3);3*1H3;1H,2H2;2H;1H2;;;;;;/q2*-2;-1;;7*-1;3*+2;;;/t2*8?,9-,10+;7?,8-,9+;;;;;;;;;;;;;;. The van der Waals surface area contributed by atoms with Crippen molar-refractivity contribution in [3.63, 3.8) is 0 Å². The first-order valence-corrected chi connectivity index (χ1v) is 19.6. The number of amides is 2. The summed E-state index contributed by atoms with van der Waals surface area (Å²) in [4.78, 5) is 35.4. The first-order chi connectivity index (χ1) is 24.4. The quantitative estimate of drug-likeness (QED) is 0.110. The van der Waals surface area contributed by atoms with E-state index in [-0.39, 0.29) is 223 Å². The molecule has 365 valence electrons. The maximum absolute atomic E-state index is 10.2. The van der Waals surface area contributed by atoms with Crippen LogP contribution in [0.3, 0.4) is 0 Å². The molecule has 6 aliphatic rings. The van der Waals surface area contributed by atoms with Gasteiger partial charge in [0.25, 0.3) is 0 Å². The van der Waals surface area contributed by atoms with Gasteiger partial charge in [-0.25, -0.2) is 0 Å². The van der Waals surface area contributed by atoms with Crippen LogP contribution in [0, 0.1) is 96.7 Å². The predicted octanol–water partition coefficient (Wildman–Crippen LogP) is 8.60. The maximum atomic E-state index is 10.2. The minimum atomic E-state index is 0. The largest absolute Gasteiger partial charge is 2.00 e. The van der Waals surface area contributed by atoms with Crippen molar-refractivity contribution in [2.24, 2.45) is 59.0 Å². The molecular formula is C42H85N9O4P2W3Y3-6. The van der Waals surface area contributed by atoms with E-state index < -0.39 is 0 Å². The molecule has 4 unspecified atom stereocenters. The summed E-state index contributed by atoms with van der Waals surface area (Å²) in [6, 6.07) is 0. The first kappa shape index (κ1) is 93.1. The molecular weight excluding hydrogens is 1570 g/mol. The van der Waals surface area contributed by atoms with Crippen molar-refractivity contribution in [3.05, 3.63) is 60.2 Å². The third kappa shape index (κ3) is 20.1. The maximum Gasteiger partial charge on any atom is 2.00 e. The summed E-state index contributed by atoms with van der Waals surface area (Å²) in [5.41, 5.74) is 12.5. The number of aliphatic hydroxyl groups excluding tert-OH is 1. The summed E-state index contributed by atoms with van der Waals surface area (Å²) < 4.78 is 0. The van der Waals surface area contributed by atoms with E-state index in [9.17, 15) is 9.59 Å². The van der Waals surface area contributed by atoms with Crippen LogP contribution in [0.1, 0.15) is 103 Å². The number of likely N-dealkylation sites (tertiary alicyclic amines) is 3. The molecule has 3 saturated heterocycles. The summed E-state index contributed by atoms with van der Waals surface area (Å²) in [5, 5.41) is 18.9. The minimum Gasteiger partial charge on any atom is -0.786 e. The van der Waals surface area contributed by atoms with Crippen molar-refractivity contribution < 1.29 is 181 Å². The second-order valence-electron chi connectivity index (χ2n) is 18.4. The number of hydrogen-bond acceptors (Lipinski definition) is 7. The van der Waals surface area contributed by atoms with Crippen LogP contribution in [0.2, 0.25) is 0 Å². The molecule has 3 aliphatic heterocycles.